The smallest absolute Gasteiger partial charge is 0.277 e. The van der Waals surface area contributed by atoms with Crippen molar-refractivity contribution >= 4 is 23.7 Å². The van der Waals surface area contributed by atoms with Gasteiger partial charge < -0.3 is 14.2 Å². The second kappa shape index (κ2) is 11.6. The molecule has 160 valence electrons. The zero-order valence-electron chi connectivity index (χ0n) is 17.1. The Balaban J connectivity index is 1.44. The molecule has 0 heterocycles. The average molecular weight is 439 g/mol. The summed E-state index contributed by atoms with van der Waals surface area (Å²) >= 11 is 6.13. The molecule has 0 spiro atoms. The number of hydrazone groups is 1. The van der Waals surface area contributed by atoms with Crippen LogP contribution in [0.15, 0.2) is 77.9 Å². The van der Waals surface area contributed by atoms with Gasteiger partial charge in [0.15, 0.2) is 18.1 Å². The maximum absolute atomic E-state index is 12.0. The summed E-state index contributed by atoms with van der Waals surface area (Å²) in [7, 11) is 0. The molecule has 1 N–H and O–H groups in total. The van der Waals surface area contributed by atoms with Gasteiger partial charge in [0.2, 0.25) is 0 Å². The Morgan fingerprint density at radius 1 is 0.935 bits per heavy atom. The first-order chi connectivity index (χ1) is 15.2. The van der Waals surface area contributed by atoms with Crippen molar-refractivity contribution in [3.05, 3.63) is 88.9 Å². The highest BCUT2D eigenvalue weighted by molar-refractivity contribution is 6.31. The van der Waals surface area contributed by atoms with Gasteiger partial charge >= 0.3 is 0 Å². The van der Waals surface area contributed by atoms with Crippen LogP contribution in [0.5, 0.6) is 17.2 Å². The standard InChI is InChI=1S/C24H23ClN2O4/c1-2-29-22-9-5-6-10-23(22)31-17-24(28)27-26-15-18-11-13-20(14-12-18)30-16-19-7-3-4-8-21(19)25/h3-15H,2,16-17H2,1H3,(H,27,28)/b26-15-. The van der Waals surface area contributed by atoms with E-state index < -0.39 is 0 Å². The third-order valence-electron chi connectivity index (χ3n) is 4.14. The maximum atomic E-state index is 12.0. The number of benzene rings is 3. The first-order valence-corrected chi connectivity index (χ1v) is 10.2. The third kappa shape index (κ3) is 7.04. The molecule has 0 bridgehead atoms. The molecule has 3 aromatic carbocycles. The van der Waals surface area contributed by atoms with Crippen LogP contribution >= 0.6 is 11.6 Å². The summed E-state index contributed by atoms with van der Waals surface area (Å²) < 4.78 is 16.7. The molecule has 3 rings (SSSR count). The van der Waals surface area contributed by atoms with E-state index >= 15 is 0 Å². The van der Waals surface area contributed by atoms with Crippen LogP contribution in [0.1, 0.15) is 18.1 Å². The molecule has 7 heteroatoms. The first kappa shape index (κ1) is 22.2. The van der Waals surface area contributed by atoms with E-state index in [0.717, 1.165) is 11.1 Å². The monoisotopic (exact) mass is 438 g/mol. The fourth-order valence-corrected chi connectivity index (χ4v) is 2.82. The zero-order chi connectivity index (χ0) is 21.9. The van der Waals surface area contributed by atoms with Crippen molar-refractivity contribution in [2.75, 3.05) is 13.2 Å². The molecular formula is C24H23ClN2O4. The third-order valence-corrected chi connectivity index (χ3v) is 4.51. The van der Waals surface area contributed by atoms with E-state index in [4.69, 9.17) is 25.8 Å². The molecule has 0 saturated carbocycles. The predicted octanol–water partition coefficient (Wildman–Crippen LogP) is 4.85. The van der Waals surface area contributed by atoms with Gasteiger partial charge in [-0.2, -0.15) is 5.10 Å². The minimum atomic E-state index is -0.373. The highest BCUT2D eigenvalue weighted by Gasteiger charge is 2.06. The van der Waals surface area contributed by atoms with Gasteiger partial charge in [-0.1, -0.05) is 41.9 Å². The molecule has 0 atom stereocenters. The number of ether oxygens (including phenoxy) is 3. The molecule has 1 amide bonds. The Labute approximate surface area is 186 Å². The van der Waals surface area contributed by atoms with Gasteiger partial charge in [-0.25, -0.2) is 5.43 Å². The summed E-state index contributed by atoms with van der Waals surface area (Å²) in [4.78, 5) is 12.0. The van der Waals surface area contributed by atoms with E-state index in [9.17, 15) is 4.79 Å². The minimum Gasteiger partial charge on any atom is -0.490 e. The second-order valence-corrected chi connectivity index (χ2v) is 6.82. The topological polar surface area (TPSA) is 69.2 Å². The van der Waals surface area contributed by atoms with E-state index in [2.05, 4.69) is 10.5 Å². The van der Waals surface area contributed by atoms with E-state index in [1.54, 1.807) is 18.3 Å². The number of nitrogens with one attached hydrogen (secondary N) is 1. The molecule has 0 aliphatic rings. The highest BCUT2D eigenvalue weighted by atomic mass is 35.5. The zero-order valence-corrected chi connectivity index (χ0v) is 17.8. The lowest BCUT2D eigenvalue weighted by Gasteiger charge is -2.10. The number of carbonyl (C=O) groups excluding carboxylic acids is 1. The van der Waals surface area contributed by atoms with Crippen molar-refractivity contribution in [1.29, 1.82) is 0 Å². The van der Waals surface area contributed by atoms with E-state index in [-0.39, 0.29) is 12.5 Å². The predicted molar refractivity (Wildman–Crippen MR) is 121 cm³/mol. The number of nitrogens with zero attached hydrogens (tertiary/aromatic N) is 1. The Bertz CT molecular complexity index is 1020. The molecule has 0 aliphatic heterocycles. The molecular weight excluding hydrogens is 416 g/mol. The van der Waals surface area contributed by atoms with Gasteiger partial charge in [-0.3, -0.25) is 4.79 Å². The average Bonchev–Trinajstić information content (AvgIpc) is 2.79. The maximum Gasteiger partial charge on any atom is 0.277 e. The van der Waals surface area contributed by atoms with Crippen molar-refractivity contribution < 1.29 is 19.0 Å². The molecule has 0 aliphatic carbocycles. The molecule has 6 nitrogen and oxygen atoms in total. The molecule has 0 radical (unpaired) electrons. The van der Waals surface area contributed by atoms with E-state index in [0.29, 0.717) is 35.5 Å². The fraction of sp³-hybridized carbons (Fsp3) is 0.167. The van der Waals surface area contributed by atoms with Crippen LogP contribution in [-0.4, -0.2) is 25.3 Å². The highest BCUT2D eigenvalue weighted by Crippen LogP contribution is 2.26. The Morgan fingerprint density at radius 2 is 1.61 bits per heavy atom. The molecule has 0 unspecified atom stereocenters. The van der Waals surface area contributed by atoms with Crippen molar-refractivity contribution in [3.63, 3.8) is 0 Å². The summed E-state index contributed by atoms with van der Waals surface area (Å²) in [5, 5.41) is 4.63. The van der Waals surface area contributed by atoms with Gasteiger partial charge in [-0.15, -0.1) is 0 Å². The number of rotatable bonds is 10. The van der Waals surface area contributed by atoms with Crippen molar-refractivity contribution in [3.8, 4) is 17.2 Å². The van der Waals surface area contributed by atoms with Gasteiger partial charge in [-0.05, 0) is 55.0 Å². The second-order valence-electron chi connectivity index (χ2n) is 6.41. The van der Waals surface area contributed by atoms with Crippen LogP contribution in [0.3, 0.4) is 0 Å². The lowest BCUT2D eigenvalue weighted by atomic mass is 10.2. The molecule has 3 aromatic rings. The number of carbonyl (C=O) groups is 1. The number of amides is 1. The summed E-state index contributed by atoms with van der Waals surface area (Å²) in [5.41, 5.74) is 4.17. The number of hydrogen-bond acceptors (Lipinski definition) is 5. The Morgan fingerprint density at radius 3 is 2.32 bits per heavy atom. The Kier molecular flexibility index (Phi) is 8.31. The van der Waals surface area contributed by atoms with Crippen molar-refractivity contribution in [1.82, 2.24) is 5.43 Å². The first-order valence-electron chi connectivity index (χ1n) is 9.78. The Hall–Kier alpha value is -3.51. The van der Waals surface area contributed by atoms with Gasteiger partial charge in [0.25, 0.3) is 5.91 Å². The van der Waals surface area contributed by atoms with Crippen molar-refractivity contribution in [2.24, 2.45) is 5.10 Å². The van der Waals surface area contributed by atoms with Crippen LogP contribution in [-0.2, 0) is 11.4 Å². The molecule has 0 aromatic heterocycles. The van der Waals surface area contributed by atoms with E-state index in [1.807, 2.05) is 67.6 Å². The van der Waals surface area contributed by atoms with Crippen LogP contribution in [0, 0.1) is 0 Å². The van der Waals surface area contributed by atoms with Gasteiger partial charge in [0.05, 0.1) is 12.8 Å². The lowest BCUT2D eigenvalue weighted by molar-refractivity contribution is -0.123. The number of hydrogen-bond donors (Lipinski definition) is 1. The van der Waals surface area contributed by atoms with Crippen LogP contribution in [0.4, 0.5) is 0 Å². The summed E-state index contributed by atoms with van der Waals surface area (Å²) in [6, 6.07) is 22.1. The van der Waals surface area contributed by atoms with Gasteiger partial charge in [0, 0.05) is 10.6 Å². The quantitative estimate of drug-likeness (QED) is 0.363. The largest absolute Gasteiger partial charge is 0.490 e. The SMILES string of the molecule is CCOc1ccccc1OCC(=O)N/N=C\c1ccc(OCc2ccccc2Cl)cc1. The minimum absolute atomic E-state index is 0.170. The summed E-state index contributed by atoms with van der Waals surface area (Å²) in [5.74, 6) is 1.44. The molecule has 0 saturated heterocycles. The summed E-state index contributed by atoms with van der Waals surface area (Å²) in [6.45, 7) is 2.61. The number of para-hydroxylation sites is 2. The molecule has 0 fully saturated rings. The normalized spacial score (nSPS) is 10.6. The van der Waals surface area contributed by atoms with Gasteiger partial charge in [0.1, 0.15) is 12.4 Å². The lowest BCUT2D eigenvalue weighted by Crippen LogP contribution is -2.24. The van der Waals surface area contributed by atoms with E-state index in [1.165, 1.54) is 0 Å². The summed E-state index contributed by atoms with van der Waals surface area (Å²) in [6.07, 6.45) is 1.55. The fourth-order valence-electron chi connectivity index (χ4n) is 2.63. The van der Waals surface area contributed by atoms with Crippen LogP contribution in [0.2, 0.25) is 5.02 Å². The van der Waals surface area contributed by atoms with Crippen molar-refractivity contribution in [2.45, 2.75) is 13.5 Å². The molecule has 31 heavy (non-hydrogen) atoms. The van der Waals surface area contributed by atoms with Crippen LogP contribution < -0.4 is 19.6 Å². The van der Waals surface area contributed by atoms with Crippen LogP contribution in [0.25, 0.3) is 0 Å². The number of halogens is 1.